The van der Waals surface area contributed by atoms with Crippen LogP contribution in [0.3, 0.4) is 0 Å². The fraction of sp³-hybridized carbons (Fsp3) is 0.0227. The van der Waals surface area contributed by atoms with E-state index >= 15 is 0 Å². The lowest BCUT2D eigenvalue weighted by Crippen LogP contribution is -2.06. The van der Waals surface area contributed by atoms with Crippen LogP contribution >= 0.6 is 11.3 Å². The summed E-state index contributed by atoms with van der Waals surface area (Å²) >= 11 is 1.73. The number of thiophene rings is 1. The summed E-state index contributed by atoms with van der Waals surface area (Å²) in [5.41, 5.74) is 8.06. The van der Waals surface area contributed by atoms with Gasteiger partial charge in [0.05, 0.1) is 32.5 Å². The van der Waals surface area contributed by atoms with Crippen molar-refractivity contribution in [2.24, 2.45) is 9.98 Å². The van der Waals surface area contributed by atoms with E-state index in [2.05, 4.69) is 107 Å². The molecular formula is C44H29N7S. The molecule has 0 fully saturated rings. The second-order valence-corrected chi connectivity index (χ2v) is 13.9. The van der Waals surface area contributed by atoms with Crippen LogP contribution in [0, 0.1) is 6.92 Å². The van der Waals surface area contributed by atoms with Crippen LogP contribution in [-0.2, 0) is 0 Å². The van der Waals surface area contributed by atoms with Gasteiger partial charge in [0, 0.05) is 48.6 Å². The maximum Gasteiger partial charge on any atom is 0.238 e. The molecule has 8 heteroatoms. The van der Waals surface area contributed by atoms with Crippen LogP contribution in [0.5, 0.6) is 0 Å². The first-order valence-electron chi connectivity index (χ1n) is 17.0. The molecule has 0 aliphatic heterocycles. The third-order valence-electron chi connectivity index (χ3n) is 9.67. The number of hydrogen-bond donors (Lipinski definition) is 0. The SMILES string of the molecule is C=N/C=N\c1c(C)sc2c1c1c(c3ccccc3n1-c1ccccc1)c1c3ccccc3n(-c3nc(-c4ccccc4)nc(-c4ccccc4)n3)c21. The number of nitrogens with zero attached hydrogens (tertiary/aromatic N) is 7. The third-order valence-corrected chi connectivity index (χ3v) is 10.8. The van der Waals surface area contributed by atoms with Crippen LogP contribution in [0.2, 0.25) is 0 Å². The maximum absolute atomic E-state index is 5.24. The summed E-state index contributed by atoms with van der Waals surface area (Å²) in [6.45, 7) is 5.83. The van der Waals surface area contributed by atoms with Crippen molar-refractivity contribution in [1.29, 1.82) is 0 Å². The van der Waals surface area contributed by atoms with E-state index in [0.29, 0.717) is 17.6 Å². The van der Waals surface area contributed by atoms with Gasteiger partial charge in [-0.05, 0) is 37.9 Å². The van der Waals surface area contributed by atoms with Crippen molar-refractivity contribution >= 4 is 83.8 Å². The van der Waals surface area contributed by atoms with Gasteiger partial charge >= 0.3 is 0 Å². The van der Waals surface area contributed by atoms with Crippen LogP contribution in [0.1, 0.15) is 4.88 Å². The van der Waals surface area contributed by atoms with Crippen molar-refractivity contribution in [3.8, 4) is 34.4 Å². The van der Waals surface area contributed by atoms with Crippen molar-refractivity contribution in [1.82, 2.24) is 24.1 Å². The smallest absolute Gasteiger partial charge is 0.238 e. The van der Waals surface area contributed by atoms with Crippen molar-refractivity contribution in [3.05, 3.63) is 144 Å². The third kappa shape index (κ3) is 4.48. The predicted molar refractivity (Wildman–Crippen MR) is 217 cm³/mol. The minimum atomic E-state index is 0.551. The maximum atomic E-state index is 5.24. The molecule has 0 spiro atoms. The fourth-order valence-corrected chi connectivity index (χ4v) is 8.71. The second kappa shape index (κ2) is 11.9. The van der Waals surface area contributed by atoms with E-state index in [1.165, 1.54) is 0 Å². The minimum Gasteiger partial charge on any atom is -0.308 e. The lowest BCUT2D eigenvalue weighted by atomic mass is 10.0. The Morgan fingerprint density at radius 2 is 1.10 bits per heavy atom. The normalized spacial score (nSPS) is 11.9. The van der Waals surface area contributed by atoms with E-state index in [4.69, 9.17) is 19.9 Å². The van der Waals surface area contributed by atoms with E-state index in [1.807, 2.05) is 60.7 Å². The minimum absolute atomic E-state index is 0.551. The largest absolute Gasteiger partial charge is 0.308 e. The molecule has 52 heavy (non-hydrogen) atoms. The average Bonchev–Trinajstić information content (AvgIpc) is 3.85. The molecule has 0 unspecified atom stereocenters. The lowest BCUT2D eigenvalue weighted by Gasteiger charge is -2.12. The quantitative estimate of drug-likeness (QED) is 0.129. The van der Waals surface area contributed by atoms with Gasteiger partial charge in [0.1, 0.15) is 6.34 Å². The molecule has 0 aliphatic carbocycles. The van der Waals surface area contributed by atoms with Gasteiger partial charge in [0.25, 0.3) is 0 Å². The van der Waals surface area contributed by atoms with Crippen molar-refractivity contribution in [3.63, 3.8) is 0 Å². The van der Waals surface area contributed by atoms with Gasteiger partial charge in [-0.15, -0.1) is 11.3 Å². The predicted octanol–water partition coefficient (Wildman–Crippen LogP) is 11.3. The lowest BCUT2D eigenvalue weighted by molar-refractivity contribution is 0.955. The number of aromatic nitrogens is 5. The number of fused-ring (bicyclic) bond motifs is 10. The van der Waals surface area contributed by atoms with Crippen molar-refractivity contribution in [2.45, 2.75) is 6.92 Å². The first-order chi connectivity index (χ1) is 25.7. The molecule has 0 saturated carbocycles. The number of para-hydroxylation sites is 3. The monoisotopic (exact) mass is 687 g/mol. The summed E-state index contributed by atoms with van der Waals surface area (Å²) in [5.74, 6) is 1.77. The molecule has 4 heterocycles. The first-order valence-corrected chi connectivity index (χ1v) is 17.9. The van der Waals surface area contributed by atoms with Gasteiger partial charge in [-0.1, -0.05) is 115 Å². The Morgan fingerprint density at radius 3 is 1.69 bits per heavy atom. The highest BCUT2D eigenvalue weighted by atomic mass is 32.1. The summed E-state index contributed by atoms with van der Waals surface area (Å²) in [6, 6.07) is 48.0. The molecule has 4 aromatic heterocycles. The molecular weight excluding hydrogens is 659 g/mol. The van der Waals surface area contributed by atoms with Crippen LogP contribution < -0.4 is 0 Å². The van der Waals surface area contributed by atoms with Gasteiger partial charge in [-0.25, -0.2) is 9.98 Å². The molecule has 6 aromatic carbocycles. The molecule has 0 amide bonds. The molecule has 7 nitrogen and oxygen atoms in total. The Balaban J connectivity index is 1.46. The Morgan fingerprint density at radius 1 is 0.577 bits per heavy atom. The number of benzene rings is 6. The molecule has 0 atom stereocenters. The molecule has 10 aromatic rings. The average molecular weight is 688 g/mol. The molecule has 246 valence electrons. The van der Waals surface area contributed by atoms with E-state index in [1.54, 1.807) is 17.7 Å². The Labute approximate surface area is 302 Å². The highest BCUT2D eigenvalue weighted by Crippen LogP contribution is 2.52. The zero-order valence-corrected chi connectivity index (χ0v) is 28.9. The Bertz CT molecular complexity index is 2970. The van der Waals surface area contributed by atoms with Gasteiger partial charge in [-0.3, -0.25) is 9.56 Å². The van der Waals surface area contributed by atoms with E-state index in [9.17, 15) is 0 Å². The van der Waals surface area contributed by atoms with Crippen LogP contribution in [0.15, 0.2) is 150 Å². The highest BCUT2D eigenvalue weighted by Gasteiger charge is 2.28. The summed E-state index contributed by atoms with van der Waals surface area (Å²) in [4.78, 5) is 25.5. The summed E-state index contributed by atoms with van der Waals surface area (Å²) in [7, 11) is 0. The standard InChI is InChI=1S/C44H29N7S/c1-27-38(46-26-45-2)37-39-35(31-22-12-14-24-33(31)50(39)30-20-10-5-11-21-30)36-32-23-13-15-25-34(32)51(40(36)41(37)52-27)44-48-42(28-16-6-3-7-17-28)47-43(49-44)29-18-8-4-9-19-29/h3-26H,2H2,1H3/b46-26-. The molecule has 0 aliphatic rings. The topological polar surface area (TPSA) is 73.2 Å². The van der Waals surface area contributed by atoms with Crippen molar-refractivity contribution < 1.29 is 0 Å². The summed E-state index contributed by atoms with van der Waals surface area (Å²) < 4.78 is 5.71. The van der Waals surface area contributed by atoms with E-state index < -0.39 is 0 Å². The van der Waals surface area contributed by atoms with Gasteiger partial charge in [0.2, 0.25) is 5.95 Å². The molecule has 0 radical (unpaired) electrons. The Kier molecular flexibility index (Phi) is 6.90. The zero-order chi connectivity index (χ0) is 34.8. The van der Waals surface area contributed by atoms with Gasteiger partial charge in [-0.2, -0.15) is 9.97 Å². The molecule has 0 saturated heterocycles. The molecule has 10 rings (SSSR count). The summed E-state index contributed by atoms with van der Waals surface area (Å²) in [6.07, 6.45) is 1.54. The van der Waals surface area contributed by atoms with E-state index in [-0.39, 0.29) is 0 Å². The van der Waals surface area contributed by atoms with Gasteiger partial charge < -0.3 is 4.57 Å². The second-order valence-electron chi connectivity index (χ2n) is 12.6. The Hall–Kier alpha value is -6.77. The van der Waals surface area contributed by atoms with Crippen molar-refractivity contribution in [2.75, 3.05) is 0 Å². The number of hydrogen-bond acceptors (Lipinski definition) is 5. The first kappa shape index (κ1) is 30.1. The van der Waals surface area contributed by atoms with Crippen LogP contribution in [-0.4, -0.2) is 37.1 Å². The van der Waals surface area contributed by atoms with E-state index in [0.717, 1.165) is 81.1 Å². The summed E-state index contributed by atoms with van der Waals surface area (Å²) in [5, 5.41) is 5.62. The number of aryl methyl sites for hydroxylation is 1. The number of aliphatic imine (C=N–C) groups is 2. The highest BCUT2D eigenvalue weighted by molar-refractivity contribution is 7.21. The van der Waals surface area contributed by atoms with Gasteiger partial charge in [0.15, 0.2) is 11.6 Å². The van der Waals surface area contributed by atoms with Crippen LogP contribution in [0.25, 0.3) is 88.1 Å². The zero-order valence-electron chi connectivity index (χ0n) is 28.1. The molecule has 0 N–H and O–H groups in total. The molecule has 0 bridgehead atoms. The number of rotatable bonds is 6. The fourth-order valence-electron chi connectivity index (χ4n) is 7.56. The van der Waals surface area contributed by atoms with Crippen LogP contribution in [0.4, 0.5) is 5.69 Å².